The van der Waals surface area contributed by atoms with Crippen molar-refractivity contribution in [2.24, 2.45) is 0 Å². The van der Waals surface area contributed by atoms with E-state index in [2.05, 4.69) is 9.97 Å². The molecule has 17 heavy (non-hydrogen) atoms. The quantitative estimate of drug-likeness (QED) is 0.696. The van der Waals surface area contributed by atoms with E-state index < -0.39 is 0 Å². The van der Waals surface area contributed by atoms with E-state index in [1.165, 1.54) is 6.07 Å². The summed E-state index contributed by atoms with van der Waals surface area (Å²) in [6, 6.07) is 5.25. The molecule has 88 valence electrons. The van der Waals surface area contributed by atoms with Crippen LogP contribution >= 0.6 is 0 Å². The third-order valence-electron chi connectivity index (χ3n) is 2.34. The Morgan fingerprint density at radius 3 is 2.53 bits per heavy atom. The standard InChI is InChI=1S/C11H13N5O/c1-15(2)8-3-5-16(6-4-8)9-7-10(17)14-11(12)13-9/h3-7H,1-2H3,(H2-,12,13,14,17)/p+1. The number of rotatable bonds is 2. The molecule has 3 N–H and O–H groups in total. The summed E-state index contributed by atoms with van der Waals surface area (Å²) in [7, 11) is 3.92. The summed E-state index contributed by atoms with van der Waals surface area (Å²) < 4.78 is 1.73. The third-order valence-corrected chi connectivity index (χ3v) is 2.34. The maximum Gasteiger partial charge on any atom is 0.337 e. The molecule has 0 saturated carbocycles. The zero-order chi connectivity index (χ0) is 12.4. The smallest absolute Gasteiger partial charge is 0.337 e. The molecule has 2 rings (SSSR count). The van der Waals surface area contributed by atoms with Crippen molar-refractivity contribution in [1.29, 1.82) is 0 Å². The van der Waals surface area contributed by atoms with Crippen LogP contribution in [0, 0.1) is 0 Å². The lowest BCUT2D eigenvalue weighted by molar-refractivity contribution is -0.599. The summed E-state index contributed by atoms with van der Waals surface area (Å²) in [5, 5.41) is 0. The van der Waals surface area contributed by atoms with Gasteiger partial charge in [-0.05, 0) is 4.98 Å². The van der Waals surface area contributed by atoms with Crippen LogP contribution in [-0.4, -0.2) is 24.1 Å². The molecule has 0 radical (unpaired) electrons. The highest BCUT2D eigenvalue weighted by Gasteiger charge is 2.10. The van der Waals surface area contributed by atoms with Crippen LogP contribution in [0.25, 0.3) is 5.82 Å². The molecule has 2 aromatic heterocycles. The van der Waals surface area contributed by atoms with Gasteiger partial charge in [-0.15, -0.1) is 0 Å². The van der Waals surface area contributed by atoms with Crippen LogP contribution in [0.4, 0.5) is 11.6 Å². The zero-order valence-electron chi connectivity index (χ0n) is 9.71. The van der Waals surface area contributed by atoms with E-state index in [-0.39, 0.29) is 11.5 Å². The molecule has 6 heteroatoms. The van der Waals surface area contributed by atoms with Crippen molar-refractivity contribution in [3.8, 4) is 5.82 Å². The lowest BCUT2D eigenvalue weighted by atomic mass is 10.4. The monoisotopic (exact) mass is 232 g/mol. The van der Waals surface area contributed by atoms with Crippen molar-refractivity contribution < 1.29 is 4.57 Å². The molecular weight excluding hydrogens is 218 g/mol. The Labute approximate surface area is 98.3 Å². The first kappa shape index (κ1) is 11.1. The van der Waals surface area contributed by atoms with Gasteiger partial charge in [-0.3, -0.25) is 9.78 Å². The number of nitrogens with two attached hydrogens (primary N) is 1. The topological polar surface area (TPSA) is 78.9 Å². The summed E-state index contributed by atoms with van der Waals surface area (Å²) in [5.74, 6) is 0.605. The van der Waals surface area contributed by atoms with E-state index in [0.717, 1.165) is 5.69 Å². The maximum atomic E-state index is 11.3. The normalized spacial score (nSPS) is 10.2. The molecule has 6 nitrogen and oxygen atoms in total. The van der Waals surface area contributed by atoms with Gasteiger partial charge in [-0.25, -0.2) is 4.57 Å². The maximum absolute atomic E-state index is 11.3. The fraction of sp³-hybridized carbons (Fsp3) is 0.182. The zero-order valence-corrected chi connectivity index (χ0v) is 9.71. The minimum Gasteiger partial charge on any atom is -0.377 e. The van der Waals surface area contributed by atoms with E-state index in [4.69, 9.17) is 5.73 Å². The average Bonchev–Trinajstić information content (AvgIpc) is 2.28. The van der Waals surface area contributed by atoms with Crippen LogP contribution in [0.3, 0.4) is 0 Å². The average molecular weight is 232 g/mol. The van der Waals surface area contributed by atoms with Gasteiger partial charge in [0.1, 0.15) is 0 Å². The summed E-state index contributed by atoms with van der Waals surface area (Å²) in [4.78, 5) is 19.7. The van der Waals surface area contributed by atoms with Crippen molar-refractivity contribution in [2.75, 3.05) is 24.7 Å². The highest BCUT2D eigenvalue weighted by molar-refractivity contribution is 5.41. The van der Waals surface area contributed by atoms with Crippen molar-refractivity contribution in [3.05, 3.63) is 40.9 Å². The molecule has 0 aliphatic heterocycles. The largest absolute Gasteiger partial charge is 0.377 e. The second kappa shape index (κ2) is 4.25. The van der Waals surface area contributed by atoms with E-state index in [0.29, 0.717) is 5.82 Å². The van der Waals surface area contributed by atoms with Crippen molar-refractivity contribution in [1.82, 2.24) is 9.97 Å². The number of aromatic nitrogens is 3. The molecule has 0 amide bonds. The molecule has 0 atom stereocenters. The summed E-state index contributed by atoms with van der Waals surface area (Å²) >= 11 is 0. The molecule has 0 unspecified atom stereocenters. The molecule has 0 spiro atoms. The molecule has 2 aromatic rings. The Morgan fingerprint density at radius 2 is 2.00 bits per heavy atom. The predicted octanol–water partition coefficient (Wildman–Crippen LogP) is -0.305. The molecule has 0 aliphatic carbocycles. The Hall–Kier alpha value is -2.37. The van der Waals surface area contributed by atoms with Gasteiger partial charge in [0.15, 0.2) is 0 Å². The van der Waals surface area contributed by atoms with Gasteiger partial charge >= 0.3 is 11.8 Å². The number of nitrogen functional groups attached to an aromatic ring is 1. The van der Waals surface area contributed by atoms with Crippen LogP contribution in [0.5, 0.6) is 0 Å². The highest BCUT2D eigenvalue weighted by atomic mass is 16.1. The number of aromatic amines is 1. The highest BCUT2D eigenvalue weighted by Crippen LogP contribution is 2.06. The molecule has 0 aliphatic rings. The van der Waals surface area contributed by atoms with Crippen LogP contribution in [0.1, 0.15) is 0 Å². The SMILES string of the molecule is CN(C)c1cc[n+](-c2cc(=O)[nH]c(N)n2)cc1. The number of H-pyrrole nitrogens is 1. The van der Waals surface area contributed by atoms with Gasteiger partial charge in [0.2, 0.25) is 0 Å². The van der Waals surface area contributed by atoms with Crippen LogP contribution < -0.4 is 20.8 Å². The van der Waals surface area contributed by atoms with Gasteiger partial charge < -0.3 is 10.6 Å². The lowest BCUT2D eigenvalue weighted by Gasteiger charge is -2.10. The van der Waals surface area contributed by atoms with Gasteiger partial charge in [-0.2, -0.15) is 0 Å². The molecule has 0 aromatic carbocycles. The first-order valence-corrected chi connectivity index (χ1v) is 5.12. The molecule has 0 fully saturated rings. The Morgan fingerprint density at radius 1 is 1.35 bits per heavy atom. The van der Waals surface area contributed by atoms with Crippen molar-refractivity contribution in [3.63, 3.8) is 0 Å². The minimum absolute atomic E-state index is 0.108. The Bertz CT molecular complexity index is 573. The van der Waals surface area contributed by atoms with Gasteiger partial charge in [0, 0.05) is 31.9 Å². The number of pyridine rings is 1. The second-order valence-corrected chi connectivity index (χ2v) is 3.85. The first-order chi connectivity index (χ1) is 8.06. The summed E-state index contributed by atoms with van der Waals surface area (Å²) in [5.41, 5.74) is 6.29. The minimum atomic E-state index is -0.267. The fourth-order valence-electron chi connectivity index (χ4n) is 1.46. The van der Waals surface area contributed by atoms with Gasteiger partial charge in [0.25, 0.3) is 5.56 Å². The second-order valence-electron chi connectivity index (χ2n) is 3.85. The van der Waals surface area contributed by atoms with E-state index in [9.17, 15) is 4.79 Å². The number of anilines is 2. The molecule has 2 heterocycles. The van der Waals surface area contributed by atoms with Crippen molar-refractivity contribution >= 4 is 11.6 Å². The fourth-order valence-corrected chi connectivity index (χ4v) is 1.46. The number of nitrogens with zero attached hydrogens (tertiary/aromatic N) is 3. The molecular formula is C11H14N5O+. The van der Waals surface area contributed by atoms with Gasteiger partial charge in [-0.1, -0.05) is 0 Å². The predicted molar refractivity (Wildman–Crippen MR) is 65.1 cm³/mol. The number of nitrogens with one attached hydrogen (secondary N) is 1. The summed E-state index contributed by atoms with van der Waals surface area (Å²) in [6.45, 7) is 0. The Kier molecular flexibility index (Phi) is 2.78. The number of hydrogen-bond donors (Lipinski definition) is 2. The van der Waals surface area contributed by atoms with Crippen molar-refractivity contribution in [2.45, 2.75) is 0 Å². The van der Waals surface area contributed by atoms with E-state index >= 15 is 0 Å². The summed E-state index contributed by atoms with van der Waals surface area (Å²) in [6.07, 6.45) is 3.66. The van der Waals surface area contributed by atoms with E-state index in [1.54, 1.807) is 4.57 Å². The molecule has 0 bridgehead atoms. The van der Waals surface area contributed by atoms with Crippen LogP contribution in [0.2, 0.25) is 0 Å². The van der Waals surface area contributed by atoms with Crippen LogP contribution in [-0.2, 0) is 0 Å². The van der Waals surface area contributed by atoms with Gasteiger partial charge in [0.05, 0.1) is 18.5 Å². The van der Waals surface area contributed by atoms with Crippen LogP contribution in [0.15, 0.2) is 35.4 Å². The lowest BCUT2D eigenvalue weighted by Crippen LogP contribution is -2.33. The van der Waals surface area contributed by atoms with E-state index in [1.807, 2.05) is 43.5 Å². The number of hydrogen-bond acceptors (Lipinski definition) is 4. The molecule has 0 saturated heterocycles. The third kappa shape index (κ3) is 2.41. The first-order valence-electron chi connectivity index (χ1n) is 5.12. The Balaban J connectivity index is 2.43.